The minimum atomic E-state index is -1.45. The number of hydrogen-bond acceptors (Lipinski definition) is 12. The van der Waals surface area contributed by atoms with Crippen LogP contribution in [0.3, 0.4) is 0 Å². The molecule has 6 atom stereocenters. The number of amides is 1. The molecule has 1 aromatic carbocycles. The molecule has 36 heavy (non-hydrogen) atoms. The Labute approximate surface area is 206 Å². The number of hydrogen-bond donors (Lipinski definition) is 1. The lowest BCUT2D eigenvalue weighted by atomic mass is 9.72. The van der Waals surface area contributed by atoms with Crippen LogP contribution in [0.5, 0.6) is 11.5 Å². The highest BCUT2D eigenvalue weighted by Gasteiger charge is 2.58. The average Bonchev–Trinajstić information content (AvgIpc) is 3.25. The quantitative estimate of drug-likeness (QED) is 0.428. The Bertz CT molecular complexity index is 1040. The van der Waals surface area contributed by atoms with Gasteiger partial charge in [-0.05, 0) is 17.7 Å². The number of fused-ring (bicyclic) bond motifs is 1. The summed E-state index contributed by atoms with van der Waals surface area (Å²) in [5.41, 5.74) is 0.447. The Morgan fingerprint density at radius 1 is 0.750 bits per heavy atom. The van der Waals surface area contributed by atoms with Gasteiger partial charge in [0.2, 0.25) is 6.79 Å². The number of rotatable bonds is 6. The van der Waals surface area contributed by atoms with Gasteiger partial charge in [-0.3, -0.25) is 19.2 Å². The molecule has 1 aliphatic carbocycles. The van der Waals surface area contributed by atoms with Crippen molar-refractivity contribution >= 4 is 30.0 Å². The molecule has 0 spiro atoms. The summed E-state index contributed by atoms with van der Waals surface area (Å²) in [7, 11) is 1.13. The van der Waals surface area contributed by atoms with Crippen molar-refractivity contribution in [1.29, 1.82) is 0 Å². The molecule has 2 aliphatic rings. The van der Waals surface area contributed by atoms with E-state index in [9.17, 15) is 24.0 Å². The highest BCUT2D eigenvalue weighted by molar-refractivity contribution is 5.71. The molecular weight excluding hydrogens is 482 g/mol. The molecule has 0 bridgehead atoms. The van der Waals surface area contributed by atoms with Crippen LogP contribution < -0.4 is 14.8 Å². The van der Waals surface area contributed by atoms with Gasteiger partial charge in [0.25, 0.3) is 0 Å². The third-order valence-corrected chi connectivity index (χ3v) is 5.53. The Balaban J connectivity index is 2.24. The van der Waals surface area contributed by atoms with Crippen molar-refractivity contribution in [2.24, 2.45) is 0 Å². The van der Waals surface area contributed by atoms with Gasteiger partial charge in [0.15, 0.2) is 35.9 Å². The van der Waals surface area contributed by atoms with E-state index in [2.05, 4.69) is 5.32 Å². The molecule has 1 aromatic rings. The molecule has 0 unspecified atom stereocenters. The summed E-state index contributed by atoms with van der Waals surface area (Å²) in [6.07, 6.45) is -6.45. The topological polar surface area (TPSA) is 162 Å². The van der Waals surface area contributed by atoms with Crippen LogP contribution in [0.15, 0.2) is 18.2 Å². The maximum absolute atomic E-state index is 12.4. The molecule has 3 rings (SSSR count). The minimum Gasteiger partial charge on any atom is -0.458 e. The molecule has 0 radical (unpaired) electrons. The molecule has 13 heteroatoms. The number of methoxy groups -OCH3 is 1. The van der Waals surface area contributed by atoms with E-state index in [0.29, 0.717) is 17.1 Å². The van der Waals surface area contributed by atoms with E-state index in [1.165, 1.54) is 0 Å². The smallest absolute Gasteiger partial charge is 0.407 e. The summed E-state index contributed by atoms with van der Waals surface area (Å²) in [6.45, 7) is 4.47. The van der Waals surface area contributed by atoms with E-state index in [1.807, 2.05) is 0 Å². The van der Waals surface area contributed by atoms with Crippen LogP contribution in [0.25, 0.3) is 0 Å². The molecule has 13 nitrogen and oxygen atoms in total. The fourth-order valence-electron chi connectivity index (χ4n) is 4.39. The SMILES string of the molecule is COC(=O)N[C@@H]1[C@@H](OC(C)=O)[C@@H](OC(C)=O)[C@H](OC(C)=O)[C@@H](OC(C)=O)[C@H]1c1ccc2c(c1)OCO2. The van der Waals surface area contributed by atoms with Gasteiger partial charge < -0.3 is 38.5 Å². The first-order chi connectivity index (χ1) is 17.0. The molecule has 0 saturated heterocycles. The summed E-state index contributed by atoms with van der Waals surface area (Å²) in [6, 6.07) is 3.65. The van der Waals surface area contributed by atoms with Crippen LogP contribution in [0.4, 0.5) is 4.79 Å². The fourth-order valence-corrected chi connectivity index (χ4v) is 4.39. The van der Waals surface area contributed by atoms with Gasteiger partial charge >= 0.3 is 30.0 Å². The first kappa shape index (κ1) is 26.6. The number of esters is 4. The second-order valence-electron chi connectivity index (χ2n) is 8.10. The molecule has 1 amide bonds. The normalized spacial score (nSPS) is 26.2. The van der Waals surface area contributed by atoms with Gasteiger partial charge in [0.1, 0.15) is 0 Å². The molecule has 0 aromatic heterocycles. The highest BCUT2D eigenvalue weighted by Crippen LogP contribution is 2.43. The first-order valence-electron chi connectivity index (χ1n) is 10.9. The zero-order valence-electron chi connectivity index (χ0n) is 20.3. The second-order valence-corrected chi connectivity index (χ2v) is 8.10. The summed E-state index contributed by atoms with van der Waals surface area (Å²) in [5.74, 6) is -3.25. The summed E-state index contributed by atoms with van der Waals surface area (Å²) in [5, 5.41) is 2.59. The third kappa shape index (κ3) is 5.96. The van der Waals surface area contributed by atoms with E-state index < -0.39 is 66.3 Å². The van der Waals surface area contributed by atoms with Gasteiger partial charge in [-0.25, -0.2) is 4.79 Å². The molecule has 1 aliphatic heterocycles. The van der Waals surface area contributed by atoms with Crippen LogP contribution in [0.1, 0.15) is 39.2 Å². The van der Waals surface area contributed by atoms with Crippen molar-refractivity contribution in [2.75, 3.05) is 13.9 Å². The highest BCUT2D eigenvalue weighted by atomic mass is 16.7. The molecule has 1 heterocycles. The average molecular weight is 509 g/mol. The summed E-state index contributed by atoms with van der Waals surface area (Å²) < 4.78 is 37.5. The van der Waals surface area contributed by atoms with Gasteiger partial charge in [-0.2, -0.15) is 0 Å². The van der Waals surface area contributed by atoms with Crippen molar-refractivity contribution in [3.05, 3.63) is 23.8 Å². The number of alkyl carbamates (subject to hydrolysis) is 1. The van der Waals surface area contributed by atoms with Crippen molar-refractivity contribution in [3.63, 3.8) is 0 Å². The number of nitrogens with one attached hydrogen (secondary N) is 1. The maximum Gasteiger partial charge on any atom is 0.407 e. The van der Waals surface area contributed by atoms with E-state index >= 15 is 0 Å². The minimum absolute atomic E-state index is 0.0126. The maximum atomic E-state index is 12.4. The predicted octanol–water partition coefficient (Wildman–Crippen LogP) is 0.964. The summed E-state index contributed by atoms with van der Waals surface area (Å²) in [4.78, 5) is 60.7. The zero-order chi connectivity index (χ0) is 26.6. The van der Waals surface area contributed by atoms with E-state index in [4.69, 9.17) is 33.2 Å². The fraction of sp³-hybridized carbons (Fsp3) is 0.522. The number of benzene rings is 1. The summed E-state index contributed by atoms with van der Waals surface area (Å²) >= 11 is 0. The number of ether oxygens (including phenoxy) is 7. The van der Waals surface area contributed by atoms with Crippen molar-refractivity contribution in [1.82, 2.24) is 5.32 Å². The van der Waals surface area contributed by atoms with Gasteiger partial charge in [0, 0.05) is 33.6 Å². The van der Waals surface area contributed by atoms with Crippen molar-refractivity contribution < 1.29 is 57.1 Å². The van der Waals surface area contributed by atoms with Gasteiger partial charge in [-0.15, -0.1) is 0 Å². The zero-order valence-corrected chi connectivity index (χ0v) is 20.3. The van der Waals surface area contributed by atoms with Crippen molar-refractivity contribution in [2.45, 2.75) is 64.1 Å². The second kappa shape index (κ2) is 11.1. The Hall–Kier alpha value is -4.03. The van der Waals surface area contributed by atoms with Crippen LogP contribution in [-0.2, 0) is 42.9 Å². The monoisotopic (exact) mass is 509 g/mol. The lowest BCUT2D eigenvalue weighted by Gasteiger charge is -2.48. The Kier molecular flexibility index (Phi) is 8.22. The van der Waals surface area contributed by atoms with Crippen molar-refractivity contribution in [3.8, 4) is 11.5 Å². The van der Waals surface area contributed by atoms with E-state index in [-0.39, 0.29) is 6.79 Å². The number of carbonyl (C=O) groups is 5. The van der Waals surface area contributed by atoms with E-state index in [1.54, 1.807) is 18.2 Å². The van der Waals surface area contributed by atoms with Crippen LogP contribution in [0.2, 0.25) is 0 Å². The Morgan fingerprint density at radius 3 is 1.81 bits per heavy atom. The van der Waals surface area contributed by atoms with Gasteiger partial charge in [0.05, 0.1) is 13.2 Å². The van der Waals surface area contributed by atoms with Crippen LogP contribution >= 0.6 is 0 Å². The van der Waals surface area contributed by atoms with Crippen LogP contribution in [-0.4, -0.2) is 74.3 Å². The largest absolute Gasteiger partial charge is 0.458 e. The Morgan fingerprint density at radius 2 is 1.25 bits per heavy atom. The first-order valence-corrected chi connectivity index (χ1v) is 10.9. The van der Waals surface area contributed by atoms with E-state index in [0.717, 1.165) is 34.8 Å². The van der Waals surface area contributed by atoms with Crippen LogP contribution in [0, 0.1) is 0 Å². The third-order valence-electron chi connectivity index (χ3n) is 5.53. The molecule has 196 valence electrons. The molecule has 1 saturated carbocycles. The standard InChI is InChI=1S/C23H27NO12/c1-10(25)33-19-17(14-6-7-15-16(8-14)32-9-31-15)18(24-23(29)30-5)20(34-11(2)26)22(36-13(4)28)21(19)35-12(3)27/h6-8,17-22H,9H2,1-5H3,(H,24,29)/t17-,18-,19-,20+,21+,22+/m0/s1. The molecular formula is C23H27NO12. The lowest BCUT2D eigenvalue weighted by molar-refractivity contribution is -0.217. The molecule has 1 fully saturated rings. The van der Waals surface area contributed by atoms with Gasteiger partial charge in [-0.1, -0.05) is 6.07 Å². The predicted molar refractivity (Wildman–Crippen MR) is 117 cm³/mol. The molecule has 1 N–H and O–H groups in total. The lowest BCUT2D eigenvalue weighted by Crippen LogP contribution is -2.68. The number of carbonyl (C=O) groups excluding carboxylic acids is 5.